The van der Waals surface area contributed by atoms with Crippen LogP contribution >= 0.6 is 11.9 Å². The van der Waals surface area contributed by atoms with Gasteiger partial charge in [-0.05, 0) is 73.0 Å². The van der Waals surface area contributed by atoms with Crippen molar-refractivity contribution in [2.45, 2.75) is 18.0 Å². The Labute approximate surface area is 217 Å². The van der Waals surface area contributed by atoms with Gasteiger partial charge in [0.05, 0.1) is 16.0 Å². The van der Waals surface area contributed by atoms with E-state index in [2.05, 4.69) is 9.71 Å². The molecule has 0 unspecified atom stereocenters. The van der Waals surface area contributed by atoms with Crippen LogP contribution in [0.2, 0.25) is 0 Å². The van der Waals surface area contributed by atoms with Crippen LogP contribution in [0.4, 0.5) is 24.5 Å². The lowest BCUT2D eigenvalue weighted by Gasteiger charge is -2.37. The van der Waals surface area contributed by atoms with Gasteiger partial charge in [0, 0.05) is 54.7 Å². The fraction of sp³-hybridized carbons (Fsp3) is 0.214. The fourth-order valence-corrected chi connectivity index (χ4v) is 5.19. The zero-order chi connectivity index (χ0) is 26.0. The zero-order valence-electron chi connectivity index (χ0n) is 20.1. The standard InChI is InChI=1S/C28H25F3N4OS/c1-19-7-10-22(28(29,30)31)18-24(19)34-14-16-35(17-15-34)27(36)21-8-11-23(12-9-21)33-37-25-6-2-4-20-5-3-13-32-26(20)25/h2-13,18,33H,14-17H2,1H3. The van der Waals surface area contributed by atoms with Crippen molar-refractivity contribution in [2.24, 2.45) is 0 Å². The van der Waals surface area contributed by atoms with Crippen LogP contribution < -0.4 is 9.62 Å². The van der Waals surface area contributed by atoms with E-state index in [4.69, 9.17) is 0 Å². The number of rotatable bonds is 5. The van der Waals surface area contributed by atoms with Crippen LogP contribution in [0.15, 0.2) is 83.9 Å². The van der Waals surface area contributed by atoms with E-state index in [1.807, 2.05) is 47.4 Å². The summed E-state index contributed by atoms with van der Waals surface area (Å²) in [5.41, 5.74) is 3.05. The van der Waals surface area contributed by atoms with Crippen molar-refractivity contribution in [2.75, 3.05) is 35.8 Å². The number of nitrogens with zero attached hydrogens (tertiary/aromatic N) is 3. The number of para-hydroxylation sites is 1. The Hall–Kier alpha value is -3.72. The smallest absolute Gasteiger partial charge is 0.368 e. The predicted molar refractivity (Wildman–Crippen MR) is 142 cm³/mol. The SMILES string of the molecule is Cc1ccc(C(F)(F)F)cc1N1CCN(C(=O)c2ccc(NSc3cccc4cccnc34)cc2)CC1. The number of aromatic nitrogens is 1. The molecule has 0 radical (unpaired) electrons. The molecule has 0 saturated carbocycles. The Morgan fingerprint density at radius 1 is 0.946 bits per heavy atom. The van der Waals surface area contributed by atoms with Gasteiger partial charge in [-0.2, -0.15) is 13.2 Å². The molecule has 0 atom stereocenters. The van der Waals surface area contributed by atoms with Gasteiger partial charge in [-0.3, -0.25) is 9.78 Å². The highest BCUT2D eigenvalue weighted by Crippen LogP contribution is 2.34. The highest BCUT2D eigenvalue weighted by Gasteiger charge is 2.32. The maximum absolute atomic E-state index is 13.2. The minimum atomic E-state index is -4.38. The normalized spacial score (nSPS) is 14.2. The van der Waals surface area contributed by atoms with Gasteiger partial charge in [-0.1, -0.05) is 24.3 Å². The molecule has 1 aliphatic rings. The Kier molecular flexibility index (Phi) is 6.97. The number of hydrogen-bond acceptors (Lipinski definition) is 5. The van der Waals surface area contributed by atoms with Gasteiger partial charge in [0.1, 0.15) is 0 Å². The summed E-state index contributed by atoms with van der Waals surface area (Å²) >= 11 is 1.46. The van der Waals surface area contributed by atoms with Crippen LogP contribution in [0, 0.1) is 6.92 Å². The summed E-state index contributed by atoms with van der Waals surface area (Å²) in [7, 11) is 0. The van der Waals surface area contributed by atoms with Gasteiger partial charge in [0.15, 0.2) is 0 Å². The van der Waals surface area contributed by atoms with Gasteiger partial charge < -0.3 is 14.5 Å². The number of fused-ring (bicyclic) bond motifs is 1. The highest BCUT2D eigenvalue weighted by atomic mass is 32.2. The summed E-state index contributed by atoms with van der Waals surface area (Å²) < 4.78 is 42.8. The molecule has 5 rings (SSSR count). The van der Waals surface area contributed by atoms with Crippen molar-refractivity contribution < 1.29 is 18.0 Å². The summed E-state index contributed by atoms with van der Waals surface area (Å²) in [5.74, 6) is -0.0853. The zero-order valence-corrected chi connectivity index (χ0v) is 20.9. The third-order valence-electron chi connectivity index (χ3n) is 6.45. The number of hydrogen-bond donors (Lipinski definition) is 1. The van der Waals surface area contributed by atoms with Crippen LogP contribution in [-0.4, -0.2) is 42.0 Å². The van der Waals surface area contributed by atoms with Crippen LogP contribution in [0.5, 0.6) is 0 Å². The number of benzene rings is 3. The molecule has 2 heterocycles. The van der Waals surface area contributed by atoms with Crippen LogP contribution in [-0.2, 0) is 6.18 Å². The molecular weight excluding hydrogens is 497 g/mol. The first kappa shape index (κ1) is 25.0. The number of carbonyl (C=O) groups is 1. The lowest BCUT2D eigenvalue weighted by atomic mass is 10.1. The molecule has 4 aromatic rings. The van der Waals surface area contributed by atoms with Gasteiger partial charge in [0.25, 0.3) is 5.91 Å². The van der Waals surface area contributed by atoms with E-state index in [1.165, 1.54) is 24.1 Å². The molecule has 0 aliphatic carbocycles. The van der Waals surface area contributed by atoms with Crippen molar-refractivity contribution in [1.82, 2.24) is 9.88 Å². The second-order valence-electron chi connectivity index (χ2n) is 8.89. The Morgan fingerprint density at radius 2 is 1.68 bits per heavy atom. The molecule has 1 aromatic heterocycles. The highest BCUT2D eigenvalue weighted by molar-refractivity contribution is 8.00. The molecule has 190 valence electrons. The Morgan fingerprint density at radius 3 is 2.41 bits per heavy atom. The molecule has 37 heavy (non-hydrogen) atoms. The first-order chi connectivity index (χ1) is 17.8. The number of alkyl halides is 3. The summed E-state index contributed by atoms with van der Waals surface area (Å²) in [6.45, 7) is 3.64. The third kappa shape index (κ3) is 5.51. The second-order valence-corrected chi connectivity index (χ2v) is 9.74. The number of piperazine rings is 1. The summed E-state index contributed by atoms with van der Waals surface area (Å²) in [6, 6.07) is 21.1. The second kappa shape index (κ2) is 10.3. The molecular formula is C28H25F3N4OS. The summed E-state index contributed by atoms with van der Waals surface area (Å²) in [5, 5.41) is 1.07. The van der Waals surface area contributed by atoms with E-state index in [0.717, 1.165) is 33.1 Å². The van der Waals surface area contributed by atoms with E-state index in [1.54, 1.807) is 30.2 Å². The molecule has 5 nitrogen and oxygen atoms in total. The van der Waals surface area contributed by atoms with E-state index in [9.17, 15) is 18.0 Å². The Balaban J connectivity index is 1.19. The number of amides is 1. The van der Waals surface area contributed by atoms with E-state index in [-0.39, 0.29) is 5.91 Å². The number of halogens is 3. The molecule has 1 saturated heterocycles. The van der Waals surface area contributed by atoms with Crippen molar-refractivity contribution in [3.63, 3.8) is 0 Å². The van der Waals surface area contributed by atoms with E-state index >= 15 is 0 Å². The summed E-state index contributed by atoms with van der Waals surface area (Å²) in [6.07, 6.45) is -2.61. The molecule has 1 N–H and O–H groups in total. The molecule has 1 amide bonds. The van der Waals surface area contributed by atoms with E-state index in [0.29, 0.717) is 37.4 Å². The molecule has 0 spiro atoms. The van der Waals surface area contributed by atoms with Crippen LogP contribution in [0.1, 0.15) is 21.5 Å². The molecule has 3 aromatic carbocycles. The van der Waals surface area contributed by atoms with Gasteiger partial charge in [-0.15, -0.1) is 0 Å². The maximum atomic E-state index is 13.2. The third-order valence-corrected chi connectivity index (χ3v) is 7.34. The van der Waals surface area contributed by atoms with Crippen molar-refractivity contribution in [3.8, 4) is 0 Å². The van der Waals surface area contributed by atoms with Crippen molar-refractivity contribution in [3.05, 3.63) is 95.7 Å². The lowest BCUT2D eigenvalue weighted by molar-refractivity contribution is -0.137. The number of anilines is 2. The molecule has 0 bridgehead atoms. The van der Waals surface area contributed by atoms with Crippen molar-refractivity contribution >= 4 is 40.1 Å². The fourth-order valence-electron chi connectivity index (χ4n) is 4.41. The van der Waals surface area contributed by atoms with Gasteiger partial charge >= 0.3 is 6.18 Å². The van der Waals surface area contributed by atoms with Crippen molar-refractivity contribution in [1.29, 1.82) is 0 Å². The largest absolute Gasteiger partial charge is 0.416 e. The quantitative estimate of drug-likeness (QED) is 0.298. The van der Waals surface area contributed by atoms with Gasteiger partial charge in [0.2, 0.25) is 0 Å². The summed E-state index contributed by atoms with van der Waals surface area (Å²) in [4.78, 5) is 22.2. The average molecular weight is 523 g/mol. The molecule has 9 heteroatoms. The van der Waals surface area contributed by atoms with Gasteiger partial charge in [-0.25, -0.2) is 0 Å². The number of nitrogens with one attached hydrogen (secondary N) is 1. The van der Waals surface area contributed by atoms with Crippen LogP contribution in [0.25, 0.3) is 10.9 Å². The predicted octanol–water partition coefficient (Wildman–Crippen LogP) is 6.64. The molecule has 1 aliphatic heterocycles. The maximum Gasteiger partial charge on any atom is 0.416 e. The van der Waals surface area contributed by atoms with E-state index < -0.39 is 11.7 Å². The number of aryl methyl sites for hydroxylation is 1. The minimum absolute atomic E-state index is 0.0853. The topological polar surface area (TPSA) is 48.5 Å². The monoisotopic (exact) mass is 522 g/mol. The van der Waals surface area contributed by atoms with Crippen LogP contribution in [0.3, 0.4) is 0 Å². The first-order valence-corrected chi connectivity index (χ1v) is 12.7. The number of carbonyl (C=O) groups excluding carboxylic acids is 1. The Bertz CT molecular complexity index is 1410. The average Bonchev–Trinajstić information content (AvgIpc) is 2.91. The molecule has 1 fully saturated rings. The first-order valence-electron chi connectivity index (χ1n) is 11.9. The number of pyridine rings is 1. The lowest BCUT2D eigenvalue weighted by Crippen LogP contribution is -2.49. The minimum Gasteiger partial charge on any atom is -0.368 e.